The predicted molar refractivity (Wildman–Crippen MR) is 107 cm³/mol. The van der Waals surface area contributed by atoms with Gasteiger partial charge in [-0.3, -0.25) is 0 Å². The molecule has 0 saturated carbocycles. The van der Waals surface area contributed by atoms with Gasteiger partial charge in [-0.15, -0.1) is 5.10 Å². The molecule has 0 radical (unpaired) electrons. The standard InChI is InChI=1S/C19H25BrN4O2/c1-5-13-12-14-16(7-6-15(20)17(14)22-21-13)23-8-10-24(11-9-23)18(25)26-19(2,3)4/h6-7,12H,5,8-11H2,1-4H3. The van der Waals surface area contributed by atoms with E-state index < -0.39 is 5.60 Å². The number of benzene rings is 1. The summed E-state index contributed by atoms with van der Waals surface area (Å²) in [5.74, 6) is 0. The molecule has 0 N–H and O–H groups in total. The summed E-state index contributed by atoms with van der Waals surface area (Å²) in [5, 5.41) is 9.75. The molecule has 140 valence electrons. The van der Waals surface area contributed by atoms with Crippen molar-refractivity contribution < 1.29 is 9.53 Å². The highest BCUT2D eigenvalue weighted by Crippen LogP contribution is 2.32. The summed E-state index contributed by atoms with van der Waals surface area (Å²) >= 11 is 3.57. The second-order valence-electron chi connectivity index (χ2n) is 7.47. The van der Waals surface area contributed by atoms with Crippen molar-refractivity contribution in [2.45, 2.75) is 39.7 Å². The number of ether oxygens (including phenoxy) is 1. The quantitative estimate of drug-likeness (QED) is 0.734. The molecular weight excluding hydrogens is 396 g/mol. The highest BCUT2D eigenvalue weighted by Gasteiger charge is 2.26. The molecule has 0 atom stereocenters. The third-order valence-electron chi connectivity index (χ3n) is 4.37. The Labute approximate surface area is 162 Å². The van der Waals surface area contributed by atoms with E-state index in [1.807, 2.05) is 26.8 Å². The fraction of sp³-hybridized carbons (Fsp3) is 0.526. The number of carbonyl (C=O) groups is 1. The van der Waals surface area contributed by atoms with Crippen molar-refractivity contribution in [3.05, 3.63) is 28.4 Å². The van der Waals surface area contributed by atoms with Crippen LogP contribution in [0.4, 0.5) is 10.5 Å². The summed E-state index contributed by atoms with van der Waals surface area (Å²) in [6.07, 6.45) is 0.610. The lowest BCUT2D eigenvalue weighted by Gasteiger charge is -2.37. The minimum absolute atomic E-state index is 0.239. The second-order valence-corrected chi connectivity index (χ2v) is 8.33. The molecule has 1 aromatic heterocycles. The van der Waals surface area contributed by atoms with E-state index in [0.717, 1.165) is 46.3 Å². The van der Waals surface area contributed by atoms with Crippen LogP contribution in [0.3, 0.4) is 0 Å². The number of rotatable bonds is 2. The average molecular weight is 421 g/mol. The number of halogens is 1. The molecule has 3 rings (SSSR count). The van der Waals surface area contributed by atoms with Crippen LogP contribution in [-0.4, -0.2) is 53.0 Å². The van der Waals surface area contributed by atoms with Gasteiger partial charge in [0, 0.05) is 41.7 Å². The monoisotopic (exact) mass is 420 g/mol. The van der Waals surface area contributed by atoms with E-state index in [-0.39, 0.29) is 6.09 Å². The number of anilines is 1. The van der Waals surface area contributed by atoms with Crippen molar-refractivity contribution in [2.24, 2.45) is 0 Å². The Morgan fingerprint density at radius 2 is 1.88 bits per heavy atom. The summed E-state index contributed by atoms with van der Waals surface area (Å²) in [5.41, 5.74) is 2.51. The second kappa shape index (κ2) is 7.39. The molecule has 26 heavy (non-hydrogen) atoms. The number of fused-ring (bicyclic) bond motifs is 1. The Balaban J connectivity index is 1.79. The van der Waals surface area contributed by atoms with E-state index in [4.69, 9.17) is 4.74 Å². The predicted octanol–water partition coefficient (Wildman–Crippen LogP) is 4.01. The first-order valence-corrected chi connectivity index (χ1v) is 9.75. The zero-order chi connectivity index (χ0) is 18.9. The smallest absolute Gasteiger partial charge is 0.410 e. The Kier molecular flexibility index (Phi) is 5.37. The van der Waals surface area contributed by atoms with E-state index in [1.54, 1.807) is 4.90 Å². The normalized spacial score (nSPS) is 15.4. The maximum Gasteiger partial charge on any atom is 0.410 e. The first-order valence-electron chi connectivity index (χ1n) is 8.96. The number of carbonyl (C=O) groups excluding carboxylic acids is 1. The van der Waals surface area contributed by atoms with Gasteiger partial charge in [-0.05, 0) is 61.3 Å². The Hall–Kier alpha value is -1.89. The third-order valence-corrected chi connectivity index (χ3v) is 5.01. The number of piperazine rings is 1. The van der Waals surface area contributed by atoms with E-state index in [9.17, 15) is 4.79 Å². The first kappa shape index (κ1) is 18.9. The minimum Gasteiger partial charge on any atom is -0.444 e. The number of amides is 1. The molecule has 6 nitrogen and oxygen atoms in total. The van der Waals surface area contributed by atoms with Crippen molar-refractivity contribution in [2.75, 3.05) is 31.1 Å². The summed E-state index contributed by atoms with van der Waals surface area (Å²) in [7, 11) is 0. The maximum absolute atomic E-state index is 12.3. The van der Waals surface area contributed by atoms with Crippen LogP contribution >= 0.6 is 15.9 Å². The molecular formula is C19H25BrN4O2. The SMILES string of the molecule is CCc1cc2c(N3CCN(C(=O)OC(C)(C)C)CC3)ccc(Br)c2nn1. The molecule has 0 bridgehead atoms. The number of aryl methyl sites for hydroxylation is 1. The fourth-order valence-electron chi connectivity index (χ4n) is 3.03. The number of hydrogen-bond donors (Lipinski definition) is 0. The number of hydrogen-bond acceptors (Lipinski definition) is 5. The first-order chi connectivity index (χ1) is 12.3. The van der Waals surface area contributed by atoms with E-state index in [1.165, 1.54) is 0 Å². The Morgan fingerprint density at radius 1 is 1.19 bits per heavy atom. The zero-order valence-corrected chi connectivity index (χ0v) is 17.3. The minimum atomic E-state index is -0.467. The Bertz CT molecular complexity index is 811. The molecule has 2 aromatic rings. The highest BCUT2D eigenvalue weighted by atomic mass is 79.9. The van der Waals surface area contributed by atoms with E-state index in [2.05, 4.69) is 50.1 Å². The van der Waals surface area contributed by atoms with Crippen LogP contribution in [0.25, 0.3) is 10.9 Å². The number of aromatic nitrogens is 2. The summed E-state index contributed by atoms with van der Waals surface area (Å²) < 4.78 is 6.42. The zero-order valence-electron chi connectivity index (χ0n) is 15.8. The summed E-state index contributed by atoms with van der Waals surface area (Å²) in [4.78, 5) is 16.3. The molecule has 1 saturated heterocycles. The van der Waals surface area contributed by atoms with Crippen molar-refractivity contribution in [1.29, 1.82) is 0 Å². The summed E-state index contributed by atoms with van der Waals surface area (Å²) in [6.45, 7) is 10.6. The fourth-order valence-corrected chi connectivity index (χ4v) is 3.45. The van der Waals surface area contributed by atoms with Crippen LogP contribution < -0.4 is 4.90 Å². The lowest BCUT2D eigenvalue weighted by atomic mass is 10.1. The van der Waals surface area contributed by atoms with Gasteiger partial charge in [0.05, 0.1) is 5.69 Å². The molecule has 1 aliphatic rings. The largest absolute Gasteiger partial charge is 0.444 e. The molecule has 2 heterocycles. The van der Waals surface area contributed by atoms with Crippen LogP contribution in [0.15, 0.2) is 22.7 Å². The van der Waals surface area contributed by atoms with Gasteiger partial charge in [0.25, 0.3) is 0 Å². The summed E-state index contributed by atoms with van der Waals surface area (Å²) in [6, 6.07) is 6.23. The van der Waals surface area contributed by atoms with Crippen LogP contribution in [0.1, 0.15) is 33.4 Å². The van der Waals surface area contributed by atoms with Crippen molar-refractivity contribution in [3.8, 4) is 0 Å². The topological polar surface area (TPSA) is 58.6 Å². The van der Waals surface area contributed by atoms with Crippen LogP contribution in [0.2, 0.25) is 0 Å². The molecule has 1 aliphatic heterocycles. The Morgan fingerprint density at radius 3 is 2.50 bits per heavy atom. The molecule has 0 unspecified atom stereocenters. The highest BCUT2D eigenvalue weighted by molar-refractivity contribution is 9.10. The van der Waals surface area contributed by atoms with Gasteiger partial charge in [-0.25, -0.2) is 4.79 Å². The van der Waals surface area contributed by atoms with Crippen LogP contribution in [0.5, 0.6) is 0 Å². The van der Waals surface area contributed by atoms with Gasteiger partial charge < -0.3 is 14.5 Å². The maximum atomic E-state index is 12.3. The molecule has 0 aliphatic carbocycles. The van der Waals surface area contributed by atoms with Gasteiger partial charge in [-0.2, -0.15) is 5.10 Å². The van der Waals surface area contributed by atoms with Crippen molar-refractivity contribution in [1.82, 2.24) is 15.1 Å². The van der Waals surface area contributed by atoms with Gasteiger partial charge in [0.15, 0.2) is 0 Å². The lowest BCUT2D eigenvalue weighted by molar-refractivity contribution is 0.0241. The van der Waals surface area contributed by atoms with Crippen molar-refractivity contribution in [3.63, 3.8) is 0 Å². The number of nitrogens with zero attached hydrogens (tertiary/aromatic N) is 4. The third kappa shape index (κ3) is 4.09. The molecule has 1 amide bonds. The van der Waals surface area contributed by atoms with E-state index >= 15 is 0 Å². The molecule has 1 aromatic carbocycles. The van der Waals surface area contributed by atoms with Gasteiger partial charge in [0.1, 0.15) is 11.1 Å². The van der Waals surface area contributed by atoms with Crippen LogP contribution in [-0.2, 0) is 11.2 Å². The van der Waals surface area contributed by atoms with Gasteiger partial charge in [0.2, 0.25) is 0 Å². The average Bonchev–Trinajstić information content (AvgIpc) is 2.60. The molecule has 1 fully saturated rings. The van der Waals surface area contributed by atoms with Crippen LogP contribution in [0, 0.1) is 0 Å². The molecule has 0 spiro atoms. The lowest BCUT2D eigenvalue weighted by Crippen LogP contribution is -2.50. The van der Waals surface area contributed by atoms with Gasteiger partial charge in [-0.1, -0.05) is 6.92 Å². The van der Waals surface area contributed by atoms with Crippen molar-refractivity contribution >= 4 is 38.6 Å². The molecule has 7 heteroatoms. The van der Waals surface area contributed by atoms with E-state index in [0.29, 0.717) is 13.1 Å². The van der Waals surface area contributed by atoms with Gasteiger partial charge >= 0.3 is 6.09 Å².